The van der Waals surface area contributed by atoms with E-state index in [-0.39, 0.29) is 30.2 Å². The molecule has 3 heterocycles. The van der Waals surface area contributed by atoms with Gasteiger partial charge in [0.05, 0.1) is 18.4 Å². The number of halogens is 1. The summed E-state index contributed by atoms with van der Waals surface area (Å²) in [5.74, 6) is 0.0443. The van der Waals surface area contributed by atoms with E-state index in [4.69, 9.17) is 16.0 Å². The molecule has 2 aromatic heterocycles. The Balaban J connectivity index is 1.47. The number of carbonyl (C=O) groups excluding carboxylic acids is 1. The fraction of sp³-hybridized carbons (Fsp3) is 0.300. The molecular weight excluding hydrogens is 442 g/mol. The van der Waals surface area contributed by atoms with Gasteiger partial charge in [-0.2, -0.15) is 9.40 Å². The zero-order chi connectivity index (χ0) is 22.0. The van der Waals surface area contributed by atoms with Gasteiger partial charge in [-0.05, 0) is 36.4 Å². The number of nitrogens with one attached hydrogen (secondary N) is 1. The Labute approximate surface area is 185 Å². The van der Waals surface area contributed by atoms with E-state index in [0.29, 0.717) is 23.9 Å². The fourth-order valence-corrected chi connectivity index (χ4v) is 5.12. The number of anilines is 1. The molecular formula is C20H22ClN5O4S. The number of nitrogens with zero attached hydrogens (tertiary/aromatic N) is 4. The molecule has 1 saturated heterocycles. The normalized spacial score (nSPS) is 15.2. The average Bonchev–Trinajstić information content (AvgIpc) is 3.42. The third-order valence-electron chi connectivity index (χ3n) is 5.06. The van der Waals surface area contributed by atoms with Crippen LogP contribution in [0.4, 0.5) is 5.69 Å². The molecule has 1 fully saturated rings. The quantitative estimate of drug-likeness (QED) is 0.601. The highest BCUT2D eigenvalue weighted by molar-refractivity contribution is 7.89. The van der Waals surface area contributed by atoms with Crippen LogP contribution in [0.15, 0.2) is 58.3 Å². The number of furan rings is 1. The number of hydrogen-bond acceptors (Lipinski definition) is 6. The second-order valence-corrected chi connectivity index (χ2v) is 9.44. The van der Waals surface area contributed by atoms with Crippen molar-refractivity contribution in [3.8, 4) is 0 Å². The predicted octanol–water partition coefficient (Wildman–Crippen LogP) is 2.11. The van der Waals surface area contributed by atoms with Gasteiger partial charge in [0.25, 0.3) is 15.9 Å². The second-order valence-electron chi connectivity index (χ2n) is 7.15. The number of aryl methyl sites for hydroxylation is 1. The van der Waals surface area contributed by atoms with E-state index in [1.54, 1.807) is 19.2 Å². The minimum atomic E-state index is -3.93. The molecule has 9 nitrogen and oxygen atoms in total. The first-order valence-corrected chi connectivity index (χ1v) is 11.5. The van der Waals surface area contributed by atoms with Crippen molar-refractivity contribution in [1.82, 2.24) is 19.4 Å². The van der Waals surface area contributed by atoms with E-state index in [2.05, 4.69) is 15.3 Å². The van der Waals surface area contributed by atoms with Crippen LogP contribution < -0.4 is 10.2 Å². The molecule has 11 heteroatoms. The molecule has 1 N–H and O–H groups in total. The van der Waals surface area contributed by atoms with Crippen LogP contribution in [-0.2, 0) is 23.6 Å². The Kier molecular flexibility index (Phi) is 6.03. The van der Waals surface area contributed by atoms with Crippen molar-refractivity contribution < 1.29 is 17.6 Å². The van der Waals surface area contributed by atoms with Gasteiger partial charge in [0, 0.05) is 50.1 Å². The molecule has 0 aliphatic carbocycles. The van der Waals surface area contributed by atoms with E-state index in [1.807, 2.05) is 24.3 Å². The molecule has 3 aromatic rings. The van der Waals surface area contributed by atoms with Crippen LogP contribution >= 0.6 is 11.6 Å². The maximum atomic E-state index is 13.3. The Morgan fingerprint density at radius 1 is 1.16 bits per heavy atom. The molecule has 0 spiro atoms. The third kappa shape index (κ3) is 4.60. The molecule has 0 radical (unpaired) electrons. The number of aromatic nitrogens is 2. The number of benzene rings is 1. The van der Waals surface area contributed by atoms with Gasteiger partial charge >= 0.3 is 0 Å². The summed E-state index contributed by atoms with van der Waals surface area (Å²) in [5.41, 5.74) is 0.992. The van der Waals surface area contributed by atoms with E-state index < -0.39 is 15.9 Å². The van der Waals surface area contributed by atoms with Gasteiger partial charge < -0.3 is 14.6 Å². The lowest BCUT2D eigenvalue weighted by molar-refractivity contribution is 0.0944. The van der Waals surface area contributed by atoms with Crippen molar-refractivity contribution in [1.29, 1.82) is 0 Å². The van der Waals surface area contributed by atoms with E-state index in [0.717, 1.165) is 5.69 Å². The monoisotopic (exact) mass is 463 g/mol. The maximum absolute atomic E-state index is 13.3. The summed E-state index contributed by atoms with van der Waals surface area (Å²) >= 11 is 5.94. The molecule has 4 rings (SSSR count). The number of rotatable bonds is 6. The van der Waals surface area contributed by atoms with E-state index in [9.17, 15) is 13.2 Å². The standard InChI is InChI=1S/C20H22ClN5O4S/c1-24-14-18(19(27)22-13-17-3-2-12-30-17)20(23-24)31(28,29)26-10-8-25(9-11-26)16-6-4-15(21)5-7-16/h2-7,12,14H,8-11,13H2,1H3,(H,22,27). The highest BCUT2D eigenvalue weighted by atomic mass is 35.5. The SMILES string of the molecule is Cn1cc(C(=O)NCc2ccco2)c(S(=O)(=O)N2CCN(c3ccc(Cl)cc3)CC2)n1. The minimum Gasteiger partial charge on any atom is -0.467 e. The Hall–Kier alpha value is -2.82. The molecule has 164 valence electrons. The van der Waals surface area contributed by atoms with Crippen molar-refractivity contribution >= 4 is 33.2 Å². The first kappa shape index (κ1) is 21.4. The first-order valence-electron chi connectivity index (χ1n) is 9.69. The Bertz CT molecular complexity index is 1150. The molecule has 0 unspecified atom stereocenters. The lowest BCUT2D eigenvalue weighted by Crippen LogP contribution is -2.49. The third-order valence-corrected chi connectivity index (χ3v) is 7.14. The molecule has 1 aliphatic rings. The summed E-state index contributed by atoms with van der Waals surface area (Å²) < 4.78 is 34.4. The molecule has 1 aliphatic heterocycles. The van der Waals surface area contributed by atoms with Gasteiger partial charge in [-0.3, -0.25) is 9.48 Å². The van der Waals surface area contributed by atoms with Crippen LogP contribution in [0.25, 0.3) is 0 Å². The number of hydrogen-bond donors (Lipinski definition) is 1. The fourth-order valence-electron chi connectivity index (χ4n) is 3.45. The van der Waals surface area contributed by atoms with E-state index in [1.165, 1.54) is 21.4 Å². The van der Waals surface area contributed by atoms with Crippen LogP contribution in [-0.4, -0.2) is 54.6 Å². The largest absolute Gasteiger partial charge is 0.467 e. The van der Waals surface area contributed by atoms with Gasteiger partial charge in [0.1, 0.15) is 5.76 Å². The van der Waals surface area contributed by atoms with Crippen molar-refractivity contribution in [2.45, 2.75) is 11.6 Å². The zero-order valence-electron chi connectivity index (χ0n) is 16.9. The smallest absolute Gasteiger partial charge is 0.263 e. The lowest BCUT2D eigenvalue weighted by atomic mass is 10.2. The van der Waals surface area contributed by atoms with Crippen LogP contribution in [0.2, 0.25) is 5.02 Å². The topological polar surface area (TPSA) is 101 Å². The summed E-state index contributed by atoms with van der Waals surface area (Å²) in [4.78, 5) is 14.8. The highest BCUT2D eigenvalue weighted by Gasteiger charge is 2.34. The van der Waals surface area contributed by atoms with E-state index >= 15 is 0 Å². The second kappa shape index (κ2) is 8.74. The van der Waals surface area contributed by atoms with Gasteiger partial charge in [0.2, 0.25) is 5.03 Å². The molecule has 31 heavy (non-hydrogen) atoms. The van der Waals surface area contributed by atoms with Crippen molar-refractivity contribution in [3.05, 3.63) is 65.2 Å². The maximum Gasteiger partial charge on any atom is 0.263 e. The molecule has 1 amide bonds. The van der Waals surface area contributed by atoms with Crippen LogP contribution in [0.3, 0.4) is 0 Å². The molecule has 0 bridgehead atoms. The van der Waals surface area contributed by atoms with Crippen molar-refractivity contribution in [2.24, 2.45) is 7.05 Å². The lowest BCUT2D eigenvalue weighted by Gasteiger charge is -2.35. The average molecular weight is 464 g/mol. The summed E-state index contributed by atoms with van der Waals surface area (Å²) in [6, 6.07) is 10.9. The van der Waals surface area contributed by atoms with Crippen LogP contribution in [0.5, 0.6) is 0 Å². The van der Waals surface area contributed by atoms with Gasteiger partial charge in [-0.15, -0.1) is 0 Å². The molecule has 0 saturated carbocycles. The van der Waals surface area contributed by atoms with Gasteiger partial charge in [0.15, 0.2) is 0 Å². The Morgan fingerprint density at radius 2 is 1.87 bits per heavy atom. The van der Waals surface area contributed by atoms with Gasteiger partial charge in [-0.1, -0.05) is 11.6 Å². The first-order chi connectivity index (χ1) is 14.8. The van der Waals surface area contributed by atoms with Crippen LogP contribution in [0, 0.1) is 0 Å². The van der Waals surface area contributed by atoms with Crippen LogP contribution in [0.1, 0.15) is 16.1 Å². The predicted molar refractivity (Wildman–Crippen MR) is 116 cm³/mol. The minimum absolute atomic E-state index is 0.00851. The zero-order valence-corrected chi connectivity index (χ0v) is 18.4. The summed E-state index contributed by atoms with van der Waals surface area (Å²) in [7, 11) is -2.35. The van der Waals surface area contributed by atoms with Crippen molar-refractivity contribution in [3.63, 3.8) is 0 Å². The number of carbonyl (C=O) groups is 1. The Morgan fingerprint density at radius 3 is 2.52 bits per heavy atom. The van der Waals surface area contributed by atoms with Crippen molar-refractivity contribution in [2.75, 3.05) is 31.1 Å². The molecule has 1 aromatic carbocycles. The summed E-state index contributed by atoms with van der Waals surface area (Å²) in [6.45, 7) is 1.77. The number of sulfonamides is 1. The highest BCUT2D eigenvalue weighted by Crippen LogP contribution is 2.23. The number of piperazine rings is 1. The van der Waals surface area contributed by atoms with Gasteiger partial charge in [-0.25, -0.2) is 8.42 Å². The number of amides is 1. The molecule has 0 atom stereocenters. The summed E-state index contributed by atoms with van der Waals surface area (Å²) in [5, 5.41) is 7.17. The summed E-state index contributed by atoms with van der Waals surface area (Å²) in [6.07, 6.45) is 2.92.